The molecule has 5 aromatic carbocycles. The van der Waals surface area contributed by atoms with Gasteiger partial charge in [0.2, 0.25) is 0 Å². The molecule has 10 nitrogen and oxygen atoms in total. The van der Waals surface area contributed by atoms with E-state index in [-0.39, 0.29) is 22.4 Å². The molecule has 0 bridgehead atoms. The van der Waals surface area contributed by atoms with Gasteiger partial charge in [-0.2, -0.15) is 0 Å². The Morgan fingerprint density at radius 2 is 1.68 bits per heavy atom. The monoisotopic (exact) mass is 770 g/mol. The zero-order valence-corrected chi connectivity index (χ0v) is 31.4. The summed E-state index contributed by atoms with van der Waals surface area (Å²) in [5, 5.41) is 15.6. The lowest BCUT2D eigenvalue weighted by molar-refractivity contribution is -0.384. The topological polar surface area (TPSA) is 131 Å². The number of nitro benzene ring substituents is 1. The molecule has 2 unspecified atom stereocenters. The van der Waals surface area contributed by atoms with Gasteiger partial charge in [0.05, 0.1) is 9.82 Å². The van der Waals surface area contributed by atoms with Crippen molar-refractivity contribution in [3.8, 4) is 11.1 Å². The lowest BCUT2D eigenvalue weighted by Gasteiger charge is -2.40. The zero-order chi connectivity index (χ0) is 37.4. The van der Waals surface area contributed by atoms with E-state index in [2.05, 4.69) is 33.1 Å². The largest absolute Gasteiger partial charge is 0.379 e. The van der Waals surface area contributed by atoms with Crippen molar-refractivity contribution >= 4 is 56.4 Å². The third kappa shape index (κ3) is 9.57. The summed E-state index contributed by atoms with van der Waals surface area (Å²) >= 11 is 7.71. The van der Waals surface area contributed by atoms with Crippen molar-refractivity contribution < 1.29 is 22.9 Å². The molecule has 6 rings (SSSR count). The van der Waals surface area contributed by atoms with Gasteiger partial charge in [-0.3, -0.25) is 14.9 Å². The number of anilines is 2. The Labute approximate surface area is 318 Å². The van der Waals surface area contributed by atoms with Crippen LogP contribution in [0.5, 0.6) is 0 Å². The molecule has 274 valence electrons. The molecular formula is C40H39ClN4O6S2. The highest BCUT2D eigenvalue weighted by molar-refractivity contribution is 7.99. The third-order valence-electron chi connectivity index (χ3n) is 9.21. The Morgan fingerprint density at radius 3 is 2.40 bits per heavy atom. The van der Waals surface area contributed by atoms with Crippen molar-refractivity contribution in [2.24, 2.45) is 5.92 Å². The van der Waals surface area contributed by atoms with Gasteiger partial charge < -0.3 is 15.0 Å². The van der Waals surface area contributed by atoms with Crippen LogP contribution in [0.15, 0.2) is 131 Å². The third-order valence-corrected chi connectivity index (χ3v) is 11.8. The quantitative estimate of drug-likeness (QED) is 0.0493. The van der Waals surface area contributed by atoms with E-state index in [1.807, 2.05) is 60.7 Å². The molecular weight excluding hydrogens is 732 g/mol. The highest BCUT2D eigenvalue weighted by Gasteiger charge is 2.30. The van der Waals surface area contributed by atoms with Crippen LogP contribution in [0, 0.1) is 16.0 Å². The van der Waals surface area contributed by atoms with Gasteiger partial charge in [-0.05, 0) is 103 Å². The van der Waals surface area contributed by atoms with Crippen molar-refractivity contribution in [3.05, 3.63) is 148 Å². The van der Waals surface area contributed by atoms with Crippen LogP contribution in [-0.2, 0) is 21.2 Å². The fourth-order valence-electron chi connectivity index (χ4n) is 6.52. The summed E-state index contributed by atoms with van der Waals surface area (Å²) in [7, 11) is -2.73. The number of sulfonamides is 1. The molecule has 5 aromatic rings. The van der Waals surface area contributed by atoms with Gasteiger partial charge in [0, 0.05) is 53.2 Å². The summed E-state index contributed by atoms with van der Waals surface area (Å²) in [5.74, 6) is 0.182. The highest BCUT2D eigenvalue weighted by atomic mass is 35.5. The second-order valence-electron chi connectivity index (χ2n) is 12.6. The Bertz CT molecular complexity index is 2150. The van der Waals surface area contributed by atoms with Crippen LogP contribution in [-0.4, -0.2) is 51.4 Å². The van der Waals surface area contributed by atoms with E-state index in [0.29, 0.717) is 23.2 Å². The first-order chi connectivity index (χ1) is 25.6. The molecule has 1 amide bonds. The van der Waals surface area contributed by atoms with Crippen molar-refractivity contribution in [2.75, 3.05) is 36.2 Å². The fraction of sp³-hybridized carbons (Fsp3) is 0.225. The van der Waals surface area contributed by atoms with Crippen LogP contribution in [0.2, 0.25) is 5.02 Å². The predicted octanol–water partition coefficient (Wildman–Crippen LogP) is 8.67. The van der Waals surface area contributed by atoms with E-state index in [1.165, 1.54) is 23.3 Å². The van der Waals surface area contributed by atoms with Crippen molar-refractivity contribution in [3.63, 3.8) is 0 Å². The van der Waals surface area contributed by atoms with Gasteiger partial charge in [0.15, 0.2) is 0 Å². The number of piperidine rings is 1. The van der Waals surface area contributed by atoms with E-state index < -0.39 is 26.5 Å². The van der Waals surface area contributed by atoms with Crippen LogP contribution < -0.4 is 14.9 Å². The number of nitrogens with zero attached hydrogens (tertiary/aromatic N) is 2. The number of methoxy groups -OCH3 is 1. The number of carbonyl (C=O) groups is 1. The number of carbonyl (C=O) groups excluding carboxylic acids is 1. The van der Waals surface area contributed by atoms with Crippen LogP contribution >= 0.6 is 23.4 Å². The zero-order valence-electron chi connectivity index (χ0n) is 29.0. The first-order valence-corrected chi connectivity index (χ1v) is 20.0. The molecule has 1 aliphatic heterocycles. The summed E-state index contributed by atoms with van der Waals surface area (Å²) in [6, 6.07) is 36.2. The van der Waals surface area contributed by atoms with Gasteiger partial charge in [-0.1, -0.05) is 66.2 Å². The molecule has 0 saturated carbocycles. The lowest BCUT2D eigenvalue weighted by Crippen LogP contribution is -2.44. The average Bonchev–Trinajstić information content (AvgIpc) is 3.17. The van der Waals surface area contributed by atoms with E-state index in [0.717, 1.165) is 48.0 Å². The van der Waals surface area contributed by atoms with Gasteiger partial charge in [0.1, 0.15) is 11.9 Å². The number of hydrogen-bond donors (Lipinski definition) is 2. The van der Waals surface area contributed by atoms with Crippen molar-refractivity contribution in [1.82, 2.24) is 4.72 Å². The molecule has 1 heterocycles. The standard InChI is InChI=1S/C40H39ClN4O6S2/c1-51-39-26-28(25-31-7-5-6-10-36(31)29-11-15-32(41)16-12-29)21-23-44(39)33-17-13-30(14-18-33)40(46)43-53(49,50)35-19-20-37(38(27-35)45(47)48)42-22-24-52-34-8-3-2-4-9-34/h2-20,27-28,39,42H,21-26H2,1H3,(H,43,46). The summed E-state index contributed by atoms with van der Waals surface area (Å²) < 4.78 is 34.3. The van der Waals surface area contributed by atoms with E-state index in [9.17, 15) is 23.3 Å². The molecule has 2 atom stereocenters. The Morgan fingerprint density at radius 1 is 0.962 bits per heavy atom. The van der Waals surface area contributed by atoms with Crippen molar-refractivity contribution in [2.45, 2.75) is 35.3 Å². The maximum atomic E-state index is 13.2. The maximum Gasteiger partial charge on any atom is 0.293 e. The minimum atomic E-state index is -4.41. The van der Waals surface area contributed by atoms with Gasteiger partial charge in [-0.25, -0.2) is 13.1 Å². The summed E-state index contributed by atoms with van der Waals surface area (Å²) in [4.78, 5) is 27.1. The molecule has 13 heteroatoms. The minimum Gasteiger partial charge on any atom is -0.379 e. The Balaban J connectivity index is 1.06. The summed E-state index contributed by atoms with van der Waals surface area (Å²) in [6.45, 7) is 1.16. The average molecular weight is 771 g/mol. The smallest absolute Gasteiger partial charge is 0.293 e. The predicted molar refractivity (Wildman–Crippen MR) is 211 cm³/mol. The van der Waals surface area contributed by atoms with E-state index in [1.54, 1.807) is 43.1 Å². The first kappa shape index (κ1) is 37.9. The molecule has 1 fully saturated rings. The Hall–Kier alpha value is -4.88. The van der Waals surface area contributed by atoms with Crippen LogP contribution in [0.25, 0.3) is 11.1 Å². The highest BCUT2D eigenvalue weighted by Crippen LogP contribution is 2.34. The summed E-state index contributed by atoms with van der Waals surface area (Å²) in [6.07, 6.45) is 2.45. The molecule has 1 aliphatic rings. The number of ether oxygens (including phenoxy) is 1. The second-order valence-corrected chi connectivity index (χ2v) is 15.9. The molecule has 0 aromatic heterocycles. The van der Waals surface area contributed by atoms with Crippen molar-refractivity contribution in [1.29, 1.82) is 0 Å². The SMILES string of the molecule is COC1CC(Cc2ccccc2-c2ccc(Cl)cc2)CCN1c1ccc(C(=O)NS(=O)(=O)c2ccc(NCCSc3ccccc3)c([N+](=O)[O-])c2)cc1. The minimum absolute atomic E-state index is 0.128. The second kappa shape index (κ2) is 17.3. The molecule has 0 spiro atoms. The molecule has 1 saturated heterocycles. The molecule has 0 radical (unpaired) electrons. The Kier molecular flexibility index (Phi) is 12.4. The molecule has 53 heavy (non-hydrogen) atoms. The van der Waals surface area contributed by atoms with Gasteiger partial charge in [-0.15, -0.1) is 11.8 Å². The number of benzene rings is 5. The molecule has 2 N–H and O–H groups in total. The number of hydrogen-bond acceptors (Lipinski definition) is 9. The van der Waals surface area contributed by atoms with Crippen LogP contribution in [0.3, 0.4) is 0 Å². The maximum absolute atomic E-state index is 13.2. The number of amides is 1. The van der Waals surface area contributed by atoms with E-state index in [4.69, 9.17) is 16.3 Å². The van der Waals surface area contributed by atoms with Gasteiger partial charge in [0.25, 0.3) is 21.6 Å². The lowest BCUT2D eigenvalue weighted by atomic mass is 9.86. The molecule has 0 aliphatic carbocycles. The number of nitro groups is 1. The number of nitrogens with one attached hydrogen (secondary N) is 2. The first-order valence-electron chi connectivity index (χ1n) is 17.1. The van der Waals surface area contributed by atoms with Crippen LogP contribution in [0.1, 0.15) is 28.8 Å². The number of thioether (sulfide) groups is 1. The summed E-state index contributed by atoms with van der Waals surface area (Å²) in [5.41, 5.74) is 4.33. The fourth-order valence-corrected chi connectivity index (χ4v) is 8.42. The number of rotatable bonds is 14. The number of halogens is 1. The van der Waals surface area contributed by atoms with Crippen LogP contribution in [0.4, 0.5) is 17.1 Å². The normalized spacial score (nSPS) is 15.8. The van der Waals surface area contributed by atoms with Gasteiger partial charge >= 0.3 is 0 Å². The van der Waals surface area contributed by atoms with E-state index >= 15 is 0 Å².